The molecule has 2 aromatic carbocycles. The molecule has 2 heterocycles. The van der Waals surface area contributed by atoms with Crippen LogP contribution in [0.25, 0.3) is 10.8 Å². The fourth-order valence-electron chi connectivity index (χ4n) is 4.42. The van der Waals surface area contributed by atoms with Crippen LogP contribution < -0.4 is 0 Å². The highest BCUT2D eigenvalue weighted by molar-refractivity contribution is 5.83. The van der Waals surface area contributed by atoms with E-state index < -0.39 is 5.60 Å². The fourth-order valence-corrected chi connectivity index (χ4v) is 4.42. The van der Waals surface area contributed by atoms with Gasteiger partial charge in [-0.05, 0) is 49.1 Å². The molecule has 0 radical (unpaired) electrons. The van der Waals surface area contributed by atoms with Gasteiger partial charge in [0, 0.05) is 18.5 Å². The Morgan fingerprint density at radius 2 is 1.71 bits per heavy atom. The molecule has 0 aromatic heterocycles. The summed E-state index contributed by atoms with van der Waals surface area (Å²) in [5, 5.41) is 13.6. The zero-order valence-electron chi connectivity index (χ0n) is 12.6. The molecule has 0 aliphatic carbocycles. The molecule has 2 heteroatoms. The van der Waals surface area contributed by atoms with Crippen molar-refractivity contribution >= 4 is 10.8 Å². The minimum Gasteiger partial charge on any atom is -0.389 e. The van der Waals surface area contributed by atoms with Crippen molar-refractivity contribution in [3.8, 4) is 0 Å². The number of piperidine rings is 1. The molecule has 2 aromatic rings. The Hall–Kier alpha value is -1.38. The van der Waals surface area contributed by atoms with Crippen molar-refractivity contribution in [2.75, 3.05) is 7.05 Å². The minimum absolute atomic E-state index is 0.513. The van der Waals surface area contributed by atoms with Gasteiger partial charge in [0.2, 0.25) is 0 Å². The van der Waals surface area contributed by atoms with Crippen molar-refractivity contribution in [3.63, 3.8) is 0 Å². The first-order valence-electron chi connectivity index (χ1n) is 8.05. The Balaban J connectivity index is 1.59. The van der Waals surface area contributed by atoms with Crippen LogP contribution >= 0.6 is 0 Å². The number of hydrogen-bond acceptors (Lipinski definition) is 2. The maximum atomic E-state index is 11.1. The monoisotopic (exact) mass is 281 g/mol. The molecule has 0 spiro atoms. The van der Waals surface area contributed by atoms with Gasteiger partial charge in [0.15, 0.2) is 0 Å². The molecule has 21 heavy (non-hydrogen) atoms. The summed E-state index contributed by atoms with van der Waals surface area (Å²) in [4.78, 5) is 2.48. The van der Waals surface area contributed by atoms with Gasteiger partial charge >= 0.3 is 0 Å². The summed E-state index contributed by atoms with van der Waals surface area (Å²) in [7, 11) is 2.22. The van der Waals surface area contributed by atoms with E-state index in [0.717, 1.165) is 19.3 Å². The number of aliphatic hydroxyl groups is 1. The molecule has 2 nitrogen and oxygen atoms in total. The third-order valence-corrected chi connectivity index (χ3v) is 5.56. The molecule has 2 atom stereocenters. The van der Waals surface area contributed by atoms with E-state index in [1.807, 2.05) is 0 Å². The molecule has 2 saturated heterocycles. The van der Waals surface area contributed by atoms with Crippen LogP contribution in [0.2, 0.25) is 0 Å². The van der Waals surface area contributed by atoms with Crippen LogP contribution in [0.5, 0.6) is 0 Å². The average Bonchev–Trinajstić information content (AvgIpc) is 2.71. The zero-order chi connectivity index (χ0) is 14.4. The third-order valence-electron chi connectivity index (χ3n) is 5.56. The van der Waals surface area contributed by atoms with Gasteiger partial charge in [0.05, 0.1) is 5.60 Å². The summed E-state index contributed by atoms with van der Waals surface area (Å²) < 4.78 is 0. The van der Waals surface area contributed by atoms with E-state index in [4.69, 9.17) is 0 Å². The van der Waals surface area contributed by atoms with Crippen molar-refractivity contribution in [1.82, 2.24) is 4.90 Å². The molecule has 1 N–H and O–H groups in total. The van der Waals surface area contributed by atoms with Gasteiger partial charge in [-0.3, -0.25) is 0 Å². The van der Waals surface area contributed by atoms with Gasteiger partial charge in [0.25, 0.3) is 0 Å². The van der Waals surface area contributed by atoms with E-state index in [1.54, 1.807) is 0 Å². The van der Waals surface area contributed by atoms with E-state index in [2.05, 4.69) is 54.4 Å². The third kappa shape index (κ3) is 2.37. The van der Waals surface area contributed by atoms with E-state index in [-0.39, 0.29) is 0 Å². The lowest BCUT2D eigenvalue weighted by molar-refractivity contribution is -0.0437. The Morgan fingerprint density at radius 1 is 1.05 bits per heavy atom. The number of rotatable bonds is 2. The number of hydrogen-bond donors (Lipinski definition) is 1. The second kappa shape index (κ2) is 4.82. The standard InChI is InChI=1S/C19H23NO/c1-20-17-8-9-18(20)13-19(21,12-17)11-14-6-7-15-4-2-3-5-16(15)10-14/h2-7,10,17-18,21H,8-9,11-13H2,1H3. The van der Waals surface area contributed by atoms with Crippen molar-refractivity contribution < 1.29 is 5.11 Å². The van der Waals surface area contributed by atoms with Crippen LogP contribution in [-0.2, 0) is 6.42 Å². The summed E-state index contributed by atoms with van der Waals surface area (Å²) in [6.45, 7) is 0. The largest absolute Gasteiger partial charge is 0.389 e. The lowest BCUT2D eigenvalue weighted by atomic mass is 9.81. The van der Waals surface area contributed by atoms with Gasteiger partial charge in [-0.15, -0.1) is 0 Å². The molecule has 2 fully saturated rings. The van der Waals surface area contributed by atoms with Crippen LogP contribution in [0, 0.1) is 0 Å². The average molecular weight is 281 g/mol. The molecule has 2 unspecified atom stereocenters. The number of nitrogens with zero attached hydrogens (tertiary/aromatic N) is 1. The Bertz CT molecular complexity index is 651. The van der Waals surface area contributed by atoms with Gasteiger partial charge in [0.1, 0.15) is 0 Å². The smallest absolute Gasteiger partial charge is 0.0717 e. The molecular formula is C19H23NO. The first-order chi connectivity index (χ1) is 10.1. The molecule has 2 aliphatic rings. The van der Waals surface area contributed by atoms with E-state index >= 15 is 0 Å². The highest BCUT2D eigenvalue weighted by Crippen LogP contribution is 2.41. The first-order valence-corrected chi connectivity index (χ1v) is 8.05. The summed E-state index contributed by atoms with van der Waals surface area (Å²) in [5.41, 5.74) is 0.751. The lowest BCUT2D eigenvalue weighted by Crippen LogP contribution is -2.50. The van der Waals surface area contributed by atoms with Crippen LogP contribution in [-0.4, -0.2) is 34.7 Å². The van der Waals surface area contributed by atoms with Crippen LogP contribution in [0.3, 0.4) is 0 Å². The minimum atomic E-state index is -0.513. The quantitative estimate of drug-likeness (QED) is 0.912. The first kappa shape index (κ1) is 13.3. The van der Waals surface area contributed by atoms with Crippen molar-refractivity contribution in [3.05, 3.63) is 48.0 Å². The van der Waals surface area contributed by atoms with Crippen LogP contribution in [0.15, 0.2) is 42.5 Å². The zero-order valence-corrected chi connectivity index (χ0v) is 12.6. The van der Waals surface area contributed by atoms with Crippen molar-refractivity contribution in [1.29, 1.82) is 0 Å². The molecule has 110 valence electrons. The highest BCUT2D eigenvalue weighted by Gasteiger charge is 2.45. The lowest BCUT2D eigenvalue weighted by Gasteiger charge is -2.42. The molecule has 2 bridgehead atoms. The molecule has 0 saturated carbocycles. The number of benzene rings is 2. The topological polar surface area (TPSA) is 23.5 Å². The van der Waals surface area contributed by atoms with E-state index in [1.165, 1.54) is 29.2 Å². The summed E-state index contributed by atoms with van der Waals surface area (Å²) >= 11 is 0. The normalized spacial score (nSPS) is 32.7. The second-order valence-electron chi connectivity index (χ2n) is 7.04. The molecule has 4 rings (SSSR count). The maximum absolute atomic E-state index is 11.1. The van der Waals surface area contributed by atoms with Gasteiger partial charge in [-0.2, -0.15) is 0 Å². The highest BCUT2D eigenvalue weighted by atomic mass is 16.3. The van der Waals surface area contributed by atoms with Gasteiger partial charge in [-0.1, -0.05) is 42.5 Å². The van der Waals surface area contributed by atoms with Gasteiger partial charge in [-0.25, -0.2) is 0 Å². The van der Waals surface area contributed by atoms with E-state index in [9.17, 15) is 5.11 Å². The van der Waals surface area contributed by atoms with Crippen molar-refractivity contribution in [2.24, 2.45) is 0 Å². The fraction of sp³-hybridized carbons (Fsp3) is 0.474. The second-order valence-corrected chi connectivity index (χ2v) is 7.04. The molecule has 0 amide bonds. The predicted molar refractivity (Wildman–Crippen MR) is 86.4 cm³/mol. The predicted octanol–water partition coefficient (Wildman–Crippen LogP) is 3.37. The Kier molecular flexibility index (Phi) is 3.05. The maximum Gasteiger partial charge on any atom is 0.0717 e. The van der Waals surface area contributed by atoms with Crippen LogP contribution in [0.4, 0.5) is 0 Å². The number of fused-ring (bicyclic) bond motifs is 3. The van der Waals surface area contributed by atoms with Crippen molar-refractivity contribution in [2.45, 2.75) is 49.8 Å². The Morgan fingerprint density at radius 3 is 2.43 bits per heavy atom. The summed E-state index contributed by atoms with van der Waals surface area (Å²) in [6.07, 6.45) is 5.14. The molecule has 2 aliphatic heterocycles. The van der Waals surface area contributed by atoms with E-state index in [0.29, 0.717) is 12.1 Å². The summed E-state index contributed by atoms with van der Waals surface area (Å²) in [5.74, 6) is 0. The van der Waals surface area contributed by atoms with Gasteiger partial charge < -0.3 is 10.0 Å². The Labute approximate surface area is 126 Å². The summed E-state index contributed by atoms with van der Waals surface area (Å²) in [6, 6.07) is 16.2. The molecular weight excluding hydrogens is 258 g/mol. The van der Waals surface area contributed by atoms with Crippen LogP contribution in [0.1, 0.15) is 31.2 Å². The SMILES string of the molecule is CN1C2CCC1CC(O)(Cc1ccc3ccccc3c1)C2.